The first-order valence-electron chi connectivity index (χ1n) is 9.51. The highest BCUT2D eigenvalue weighted by Gasteiger charge is 2.14. The molecule has 0 bridgehead atoms. The Bertz CT molecular complexity index is 883. The van der Waals surface area contributed by atoms with E-state index in [-0.39, 0.29) is 6.61 Å². The Morgan fingerprint density at radius 1 is 1.21 bits per heavy atom. The minimum Gasteiger partial charge on any atom is -0.467 e. The molecule has 1 saturated heterocycles. The van der Waals surface area contributed by atoms with Gasteiger partial charge in [0.2, 0.25) is 11.8 Å². The second-order valence-electron chi connectivity index (χ2n) is 6.80. The number of aryl methyl sites for hydroxylation is 1. The molecular formula is C20H23Cl2N5O2. The maximum absolute atomic E-state index is 12.0. The van der Waals surface area contributed by atoms with E-state index in [0.29, 0.717) is 27.4 Å². The summed E-state index contributed by atoms with van der Waals surface area (Å²) in [4.78, 5) is 23.2. The number of amides is 1. The predicted molar refractivity (Wildman–Crippen MR) is 115 cm³/mol. The van der Waals surface area contributed by atoms with Crippen molar-refractivity contribution < 1.29 is 9.53 Å². The SMILES string of the molecule is Cc1cc(OCC(=O)NN=Cc2ccc(Cl)cc2Cl)nc(N2CCCCCC2)n1. The lowest BCUT2D eigenvalue weighted by Gasteiger charge is -2.20. The van der Waals surface area contributed by atoms with Crippen molar-refractivity contribution in [1.82, 2.24) is 15.4 Å². The highest BCUT2D eigenvalue weighted by atomic mass is 35.5. The molecule has 0 radical (unpaired) electrons. The molecule has 1 aromatic carbocycles. The van der Waals surface area contributed by atoms with Crippen molar-refractivity contribution in [2.24, 2.45) is 5.10 Å². The molecule has 1 amide bonds. The number of nitrogens with zero attached hydrogens (tertiary/aromatic N) is 4. The second kappa shape index (κ2) is 10.4. The zero-order chi connectivity index (χ0) is 20.6. The van der Waals surface area contributed by atoms with E-state index >= 15 is 0 Å². The van der Waals surface area contributed by atoms with Gasteiger partial charge in [-0.15, -0.1) is 0 Å². The Morgan fingerprint density at radius 3 is 2.69 bits per heavy atom. The summed E-state index contributed by atoms with van der Waals surface area (Å²) in [5.41, 5.74) is 3.84. The highest BCUT2D eigenvalue weighted by molar-refractivity contribution is 6.36. The first-order valence-corrected chi connectivity index (χ1v) is 10.3. The van der Waals surface area contributed by atoms with Crippen LogP contribution in [0.4, 0.5) is 5.95 Å². The molecule has 1 fully saturated rings. The monoisotopic (exact) mass is 435 g/mol. The normalized spacial score (nSPS) is 14.7. The van der Waals surface area contributed by atoms with Gasteiger partial charge in [0.15, 0.2) is 6.61 Å². The number of anilines is 1. The average Bonchev–Trinajstić information content (AvgIpc) is 2.97. The van der Waals surface area contributed by atoms with Gasteiger partial charge in [0.25, 0.3) is 5.91 Å². The van der Waals surface area contributed by atoms with E-state index in [1.54, 1.807) is 24.3 Å². The van der Waals surface area contributed by atoms with Gasteiger partial charge < -0.3 is 9.64 Å². The molecule has 1 aliphatic heterocycles. The van der Waals surface area contributed by atoms with Crippen molar-refractivity contribution in [1.29, 1.82) is 0 Å². The highest BCUT2D eigenvalue weighted by Crippen LogP contribution is 2.20. The maximum Gasteiger partial charge on any atom is 0.278 e. The lowest BCUT2D eigenvalue weighted by Crippen LogP contribution is -2.27. The molecule has 1 aromatic heterocycles. The fourth-order valence-corrected chi connectivity index (χ4v) is 3.42. The molecule has 1 N–H and O–H groups in total. The van der Waals surface area contributed by atoms with Crippen molar-refractivity contribution in [2.45, 2.75) is 32.6 Å². The largest absolute Gasteiger partial charge is 0.467 e. The predicted octanol–water partition coefficient (Wildman–Crippen LogP) is 4.00. The number of halogens is 2. The zero-order valence-corrected chi connectivity index (χ0v) is 17.7. The number of hydrogen-bond acceptors (Lipinski definition) is 6. The number of aromatic nitrogens is 2. The number of benzene rings is 1. The number of carbonyl (C=O) groups is 1. The van der Waals surface area contributed by atoms with E-state index in [0.717, 1.165) is 31.6 Å². The fourth-order valence-electron chi connectivity index (χ4n) is 2.96. The summed E-state index contributed by atoms with van der Waals surface area (Å²) in [7, 11) is 0. The van der Waals surface area contributed by atoms with Crippen LogP contribution in [-0.2, 0) is 4.79 Å². The first-order chi connectivity index (χ1) is 14.0. The summed E-state index contributed by atoms with van der Waals surface area (Å²) in [5.74, 6) is 0.619. The smallest absolute Gasteiger partial charge is 0.278 e. The Kier molecular flexibility index (Phi) is 7.66. The summed E-state index contributed by atoms with van der Waals surface area (Å²) in [5, 5.41) is 4.87. The third-order valence-corrected chi connectivity index (χ3v) is 4.98. The van der Waals surface area contributed by atoms with E-state index in [4.69, 9.17) is 27.9 Å². The van der Waals surface area contributed by atoms with Crippen LogP contribution in [0.25, 0.3) is 0 Å². The van der Waals surface area contributed by atoms with E-state index in [1.165, 1.54) is 19.1 Å². The molecule has 3 rings (SSSR count). The second-order valence-corrected chi connectivity index (χ2v) is 7.64. The van der Waals surface area contributed by atoms with Gasteiger partial charge in [-0.1, -0.05) is 42.1 Å². The van der Waals surface area contributed by atoms with E-state index in [9.17, 15) is 4.79 Å². The van der Waals surface area contributed by atoms with Gasteiger partial charge in [0.05, 0.1) is 11.2 Å². The molecule has 0 aliphatic carbocycles. The van der Waals surface area contributed by atoms with Crippen LogP contribution in [0.15, 0.2) is 29.4 Å². The van der Waals surface area contributed by atoms with Crippen molar-refractivity contribution in [3.05, 3.63) is 45.6 Å². The molecule has 2 aromatic rings. The minimum atomic E-state index is -0.404. The molecule has 0 unspecified atom stereocenters. The fraction of sp³-hybridized carbons (Fsp3) is 0.400. The summed E-state index contributed by atoms with van der Waals surface area (Å²) < 4.78 is 5.55. The van der Waals surface area contributed by atoms with E-state index < -0.39 is 5.91 Å². The molecular weight excluding hydrogens is 413 g/mol. The lowest BCUT2D eigenvalue weighted by molar-refractivity contribution is -0.123. The van der Waals surface area contributed by atoms with Crippen molar-refractivity contribution in [2.75, 3.05) is 24.6 Å². The molecule has 154 valence electrons. The van der Waals surface area contributed by atoms with Gasteiger partial charge in [-0.3, -0.25) is 4.79 Å². The van der Waals surface area contributed by atoms with Gasteiger partial charge in [-0.25, -0.2) is 10.4 Å². The number of carbonyl (C=O) groups excluding carboxylic acids is 1. The van der Waals surface area contributed by atoms with Gasteiger partial charge in [-0.05, 0) is 31.9 Å². The van der Waals surface area contributed by atoms with Crippen LogP contribution in [0.2, 0.25) is 10.0 Å². The van der Waals surface area contributed by atoms with Crippen LogP contribution >= 0.6 is 23.2 Å². The standard InChI is InChI=1S/C20H23Cl2N5O2/c1-14-10-19(25-20(24-14)27-8-4-2-3-5-9-27)29-13-18(28)26-23-12-15-6-7-16(21)11-17(15)22/h6-7,10-12H,2-5,8-9,13H2,1H3,(H,26,28). The van der Waals surface area contributed by atoms with Crippen molar-refractivity contribution >= 4 is 41.3 Å². The van der Waals surface area contributed by atoms with Crippen LogP contribution in [0.3, 0.4) is 0 Å². The number of nitrogens with one attached hydrogen (secondary N) is 1. The van der Waals surface area contributed by atoms with E-state index in [2.05, 4.69) is 25.4 Å². The molecule has 0 atom stereocenters. The number of hydrazone groups is 1. The van der Waals surface area contributed by atoms with Gasteiger partial charge in [0.1, 0.15) is 0 Å². The summed E-state index contributed by atoms with van der Waals surface area (Å²) in [6, 6.07) is 6.73. The van der Waals surface area contributed by atoms with Crippen molar-refractivity contribution in [3.63, 3.8) is 0 Å². The molecule has 0 saturated carbocycles. The minimum absolute atomic E-state index is 0.207. The molecule has 0 spiro atoms. The number of rotatable bonds is 6. The van der Waals surface area contributed by atoms with Gasteiger partial charge >= 0.3 is 0 Å². The molecule has 1 aliphatic rings. The first kappa shape index (κ1) is 21.3. The van der Waals surface area contributed by atoms with Gasteiger partial charge in [-0.2, -0.15) is 10.1 Å². The van der Waals surface area contributed by atoms with Crippen LogP contribution in [0.5, 0.6) is 5.88 Å². The summed E-state index contributed by atoms with van der Waals surface area (Å²) in [6.07, 6.45) is 6.17. The number of ether oxygens (including phenoxy) is 1. The summed E-state index contributed by atoms with van der Waals surface area (Å²) in [6.45, 7) is 3.55. The van der Waals surface area contributed by atoms with Crippen LogP contribution in [-0.4, -0.2) is 41.8 Å². The molecule has 7 nitrogen and oxygen atoms in total. The average molecular weight is 436 g/mol. The molecule has 29 heavy (non-hydrogen) atoms. The Balaban J connectivity index is 1.54. The maximum atomic E-state index is 12.0. The Morgan fingerprint density at radius 2 is 1.97 bits per heavy atom. The molecule has 2 heterocycles. The van der Waals surface area contributed by atoms with Crippen LogP contribution < -0.4 is 15.1 Å². The van der Waals surface area contributed by atoms with E-state index in [1.807, 2.05) is 6.92 Å². The molecule has 9 heteroatoms. The van der Waals surface area contributed by atoms with Crippen LogP contribution in [0, 0.1) is 6.92 Å². The van der Waals surface area contributed by atoms with Crippen molar-refractivity contribution in [3.8, 4) is 5.88 Å². The summed E-state index contributed by atoms with van der Waals surface area (Å²) >= 11 is 11.9. The number of hydrogen-bond donors (Lipinski definition) is 1. The zero-order valence-electron chi connectivity index (χ0n) is 16.2. The van der Waals surface area contributed by atoms with Crippen LogP contribution in [0.1, 0.15) is 36.9 Å². The lowest BCUT2D eigenvalue weighted by atomic mass is 10.2. The Labute approximate surface area is 180 Å². The topological polar surface area (TPSA) is 79.7 Å². The third kappa shape index (κ3) is 6.58. The third-order valence-electron chi connectivity index (χ3n) is 4.41. The quantitative estimate of drug-likeness (QED) is 0.547. The Hall–Kier alpha value is -2.38. The van der Waals surface area contributed by atoms with Gasteiger partial charge in [0, 0.05) is 35.4 Å².